The number of ether oxygens (including phenoxy) is 1. The van der Waals surface area contributed by atoms with Crippen LogP contribution >= 0.6 is 11.6 Å². The lowest BCUT2D eigenvalue weighted by atomic mass is 9.99. The largest absolute Gasteiger partial charge is 0.456 e. The van der Waals surface area contributed by atoms with Crippen molar-refractivity contribution < 1.29 is 9.53 Å². The van der Waals surface area contributed by atoms with Gasteiger partial charge in [0.2, 0.25) is 5.95 Å². The van der Waals surface area contributed by atoms with Gasteiger partial charge in [-0.3, -0.25) is 14.3 Å². The normalized spacial score (nSPS) is 14.8. The Balaban J connectivity index is 1.76. The van der Waals surface area contributed by atoms with Gasteiger partial charge in [0.1, 0.15) is 30.4 Å². The second-order valence-electron chi connectivity index (χ2n) is 11.3. The number of carbonyl (C=O) groups excluding carboxylic acids is 1. The van der Waals surface area contributed by atoms with Gasteiger partial charge in [-0.2, -0.15) is 0 Å². The summed E-state index contributed by atoms with van der Waals surface area (Å²) in [5.74, 6) is 5.72. The van der Waals surface area contributed by atoms with Gasteiger partial charge in [-0.25, -0.2) is 9.78 Å². The lowest BCUT2D eigenvalue weighted by molar-refractivity contribution is 0.00695. The first-order valence-corrected chi connectivity index (χ1v) is 13.9. The van der Waals surface area contributed by atoms with Gasteiger partial charge in [-0.15, -0.1) is 12.8 Å². The molecule has 0 amide bonds. The fraction of sp³-hybridized carbons (Fsp3) is 0.406. The highest BCUT2D eigenvalue weighted by molar-refractivity contribution is 6.32. The summed E-state index contributed by atoms with van der Waals surface area (Å²) in [5, 5.41) is 0.927. The van der Waals surface area contributed by atoms with Crippen LogP contribution in [0.2, 0.25) is 5.02 Å². The Morgan fingerprint density at radius 2 is 1.75 bits per heavy atom. The van der Waals surface area contributed by atoms with E-state index in [1.54, 1.807) is 24.3 Å². The third-order valence-electron chi connectivity index (χ3n) is 7.42. The molecule has 0 aliphatic carbocycles. The first-order valence-electron chi connectivity index (χ1n) is 13.5. The molecule has 1 aliphatic rings. The first-order chi connectivity index (χ1) is 19.0. The number of terminal acetylenes is 2. The number of aromatic amines is 1. The summed E-state index contributed by atoms with van der Waals surface area (Å²) >= 11 is 6.87. The molecule has 1 N–H and O–H groups in total. The number of rotatable bonds is 7. The lowest BCUT2D eigenvalue weighted by Gasteiger charge is -2.41. The SMILES string of the molecule is C#CC[N+](CC#C)(c1ccc(C(=O)OC(C)(C)C)cc1)C(C)c1cc2c(=O)[nH]c(N3CCCCC3)nc2cc1Cl. The third kappa shape index (κ3) is 6.02. The highest BCUT2D eigenvalue weighted by Crippen LogP contribution is 2.39. The maximum Gasteiger partial charge on any atom is 0.338 e. The molecule has 1 fully saturated rings. The van der Waals surface area contributed by atoms with Gasteiger partial charge in [-0.05, 0) is 83.1 Å². The minimum Gasteiger partial charge on any atom is -0.456 e. The van der Waals surface area contributed by atoms with E-state index >= 15 is 0 Å². The van der Waals surface area contributed by atoms with Gasteiger partial charge < -0.3 is 9.64 Å². The van der Waals surface area contributed by atoms with Gasteiger partial charge in [0.05, 0.1) is 21.5 Å². The number of fused-ring (bicyclic) bond motifs is 1. The summed E-state index contributed by atoms with van der Waals surface area (Å²) in [6, 6.07) is 10.3. The number of esters is 1. The van der Waals surface area contributed by atoms with Crippen molar-refractivity contribution in [3.05, 3.63) is 62.9 Å². The highest BCUT2D eigenvalue weighted by atomic mass is 35.5. The van der Waals surface area contributed by atoms with Crippen molar-refractivity contribution >= 4 is 40.1 Å². The Labute approximate surface area is 241 Å². The summed E-state index contributed by atoms with van der Waals surface area (Å²) in [6.07, 6.45) is 15.1. The Bertz CT molecular complexity index is 1520. The molecule has 2 heterocycles. The second-order valence-corrected chi connectivity index (χ2v) is 11.7. The van der Waals surface area contributed by atoms with E-state index in [0.717, 1.165) is 37.2 Å². The number of aromatic nitrogens is 2. The van der Waals surface area contributed by atoms with E-state index in [9.17, 15) is 9.59 Å². The van der Waals surface area contributed by atoms with Crippen LogP contribution in [-0.4, -0.2) is 47.7 Å². The third-order valence-corrected chi connectivity index (χ3v) is 7.75. The number of nitrogens with zero attached hydrogens (tertiary/aromatic N) is 3. The number of carbonyl (C=O) groups is 1. The van der Waals surface area contributed by atoms with E-state index in [4.69, 9.17) is 34.2 Å². The summed E-state index contributed by atoms with van der Waals surface area (Å²) in [7, 11) is 0. The van der Waals surface area contributed by atoms with Crippen molar-refractivity contribution in [2.75, 3.05) is 31.1 Å². The second kappa shape index (κ2) is 11.8. The van der Waals surface area contributed by atoms with E-state index in [2.05, 4.69) is 21.7 Å². The predicted molar refractivity (Wildman–Crippen MR) is 163 cm³/mol. The average Bonchev–Trinajstić information content (AvgIpc) is 2.91. The van der Waals surface area contributed by atoms with Crippen LogP contribution in [-0.2, 0) is 4.74 Å². The van der Waals surface area contributed by atoms with E-state index in [1.165, 1.54) is 6.42 Å². The van der Waals surface area contributed by atoms with Gasteiger partial charge in [0.25, 0.3) is 5.56 Å². The van der Waals surface area contributed by atoms with Crippen molar-refractivity contribution in [3.63, 3.8) is 0 Å². The zero-order chi connectivity index (χ0) is 29.1. The van der Waals surface area contributed by atoms with Crippen LogP contribution in [0.1, 0.15) is 68.9 Å². The molecular formula is C32H36ClN4O3+. The molecule has 1 aliphatic heterocycles. The molecule has 2 aromatic carbocycles. The topological polar surface area (TPSA) is 75.3 Å². The number of benzene rings is 2. The van der Waals surface area contributed by atoms with Crippen molar-refractivity contribution in [2.24, 2.45) is 0 Å². The molecule has 7 nitrogen and oxygen atoms in total. The van der Waals surface area contributed by atoms with Gasteiger partial charge in [0.15, 0.2) is 0 Å². The summed E-state index contributed by atoms with van der Waals surface area (Å²) in [5.41, 5.74) is 1.69. The summed E-state index contributed by atoms with van der Waals surface area (Å²) < 4.78 is 5.69. The molecule has 1 atom stereocenters. The summed E-state index contributed by atoms with van der Waals surface area (Å²) in [6.45, 7) is 9.74. The molecule has 3 aromatic rings. The highest BCUT2D eigenvalue weighted by Gasteiger charge is 2.38. The zero-order valence-corrected chi connectivity index (χ0v) is 24.3. The van der Waals surface area contributed by atoms with Crippen molar-refractivity contribution in [2.45, 2.75) is 58.6 Å². The zero-order valence-electron chi connectivity index (χ0n) is 23.6. The quantitative estimate of drug-likeness (QED) is 0.223. The fourth-order valence-corrected chi connectivity index (χ4v) is 5.62. The van der Waals surface area contributed by atoms with Crippen LogP contribution in [0, 0.1) is 24.7 Å². The number of piperidine rings is 1. The minimum absolute atomic E-state index is 0.185. The maximum atomic E-state index is 13.2. The van der Waals surface area contributed by atoms with E-state index in [0.29, 0.717) is 27.4 Å². The summed E-state index contributed by atoms with van der Waals surface area (Å²) in [4.78, 5) is 35.6. The Morgan fingerprint density at radius 3 is 2.33 bits per heavy atom. The Hall–Kier alpha value is -3.78. The number of hydrogen-bond acceptors (Lipinski definition) is 5. The number of quaternary nitrogens is 1. The molecule has 0 bridgehead atoms. The maximum absolute atomic E-state index is 13.2. The van der Waals surface area contributed by atoms with E-state index < -0.39 is 11.6 Å². The Morgan fingerprint density at radius 1 is 1.12 bits per heavy atom. The molecule has 1 unspecified atom stereocenters. The molecule has 8 heteroatoms. The number of halogens is 1. The molecule has 4 rings (SSSR count). The van der Waals surface area contributed by atoms with E-state index in [-0.39, 0.29) is 29.2 Å². The van der Waals surface area contributed by atoms with Crippen LogP contribution in [0.25, 0.3) is 10.9 Å². The van der Waals surface area contributed by atoms with Crippen LogP contribution in [0.4, 0.5) is 11.6 Å². The molecule has 0 spiro atoms. The monoisotopic (exact) mass is 559 g/mol. The molecule has 0 saturated carbocycles. The van der Waals surface area contributed by atoms with Crippen molar-refractivity contribution in [3.8, 4) is 24.7 Å². The standard InChI is InChI=1S/C32H35ClN4O3/c1-7-18-37(19-8-2,24-14-12-23(13-15-24)30(39)40-32(4,5)6)22(3)25-20-26-28(21-27(25)33)34-31(35-29(26)38)36-16-10-9-11-17-36/h1-2,12-15,20-22H,9-11,16-19H2,3-6H3/p+1. The molecule has 208 valence electrons. The van der Waals surface area contributed by atoms with Gasteiger partial charge in [-0.1, -0.05) is 11.6 Å². The molecule has 1 saturated heterocycles. The number of nitrogens with one attached hydrogen (secondary N) is 1. The molecular weight excluding hydrogens is 524 g/mol. The van der Waals surface area contributed by atoms with Gasteiger partial charge in [0, 0.05) is 30.8 Å². The van der Waals surface area contributed by atoms with Crippen LogP contribution in [0.3, 0.4) is 0 Å². The first kappa shape index (κ1) is 29.2. The molecule has 40 heavy (non-hydrogen) atoms. The average molecular weight is 560 g/mol. The molecule has 1 aromatic heterocycles. The number of anilines is 1. The fourth-order valence-electron chi connectivity index (χ4n) is 5.30. The number of H-pyrrole nitrogens is 1. The predicted octanol–water partition coefficient (Wildman–Crippen LogP) is 5.86. The minimum atomic E-state index is -0.606. The van der Waals surface area contributed by atoms with Crippen LogP contribution < -0.4 is 14.9 Å². The lowest BCUT2D eigenvalue weighted by Crippen LogP contribution is -2.52. The van der Waals surface area contributed by atoms with Crippen molar-refractivity contribution in [1.29, 1.82) is 0 Å². The smallest absolute Gasteiger partial charge is 0.338 e. The van der Waals surface area contributed by atoms with Crippen molar-refractivity contribution in [1.82, 2.24) is 14.5 Å². The number of hydrogen-bond donors (Lipinski definition) is 1. The Kier molecular flexibility index (Phi) is 8.59. The molecule has 0 radical (unpaired) electrons. The van der Waals surface area contributed by atoms with E-state index in [1.807, 2.05) is 39.8 Å². The van der Waals surface area contributed by atoms with Crippen LogP contribution in [0.5, 0.6) is 0 Å². The van der Waals surface area contributed by atoms with Crippen LogP contribution in [0.15, 0.2) is 41.2 Å². The van der Waals surface area contributed by atoms with Gasteiger partial charge >= 0.3 is 5.97 Å².